The minimum absolute atomic E-state index is 0.0992. The number of carbonyl (C=O) groups excluding carboxylic acids is 2. The van der Waals surface area contributed by atoms with Gasteiger partial charge in [0.05, 0.1) is 23.0 Å². The Bertz CT molecular complexity index is 1200. The van der Waals surface area contributed by atoms with E-state index in [0.29, 0.717) is 29.4 Å². The first-order valence-corrected chi connectivity index (χ1v) is 12.4. The molecule has 0 unspecified atom stereocenters. The van der Waals surface area contributed by atoms with E-state index in [1.165, 1.54) is 16.9 Å². The fourth-order valence-corrected chi connectivity index (χ4v) is 4.61. The number of anilines is 1. The van der Waals surface area contributed by atoms with Crippen molar-refractivity contribution in [3.8, 4) is 23.8 Å². The molecule has 35 heavy (non-hydrogen) atoms. The quantitative estimate of drug-likeness (QED) is 0.138. The smallest absolute Gasteiger partial charge is 0.325 e. The zero-order valence-electron chi connectivity index (χ0n) is 19.7. The Kier molecular flexibility index (Phi) is 9.12. The lowest BCUT2D eigenvalue weighted by molar-refractivity contribution is -0.140. The Labute approximate surface area is 224 Å². The maximum atomic E-state index is 13.6. The van der Waals surface area contributed by atoms with E-state index in [1.807, 2.05) is 37.3 Å². The average Bonchev–Trinajstić information content (AvgIpc) is 3.07. The number of terminal acetylenes is 1. The van der Waals surface area contributed by atoms with E-state index in [1.54, 1.807) is 12.1 Å². The second kappa shape index (κ2) is 12.0. The van der Waals surface area contributed by atoms with Gasteiger partial charge in [0.25, 0.3) is 5.91 Å². The fourth-order valence-electron chi connectivity index (χ4n) is 3.48. The second-order valence-corrected chi connectivity index (χ2v) is 8.92. The van der Waals surface area contributed by atoms with Crippen LogP contribution < -0.4 is 14.4 Å². The molecule has 7 nitrogen and oxygen atoms in total. The lowest BCUT2D eigenvalue weighted by Crippen LogP contribution is -2.35. The summed E-state index contributed by atoms with van der Waals surface area (Å²) >= 11 is 7.75. The molecule has 2 aromatic carbocycles. The number of methoxy groups -OCH3 is 1. The largest absolute Gasteiger partial charge is 0.490 e. The molecule has 0 aliphatic carbocycles. The van der Waals surface area contributed by atoms with Gasteiger partial charge in [-0.05, 0) is 89.6 Å². The van der Waals surface area contributed by atoms with Crippen LogP contribution in [0.25, 0.3) is 6.08 Å². The van der Waals surface area contributed by atoms with Crippen LogP contribution in [0.4, 0.5) is 5.69 Å². The van der Waals surface area contributed by atoms with Crippen molar-refractivity contribution in [2.75, 3.05) is 31.8 Å². The first kappa shape index (κ1) is 26.5. The summed E-state index contributed by atoms with van der Waals surface area (Å²) in [7, 11) is 1.29. The van der Waals surface area contributed by atoms with Gasteiger partial charge in [0.1, 0.15) is 18.8 Å². The topological polar surface area (TPSA) is 68.3 Å². The Balaban J connectivity index is 2.07. The molecule has 0 spiro atoms. The summed E-state index contributed by atoms with van der Waals surface area (Å²) < 4.78 is 17.0. The molecule has 182 valence electrons. The van der Waals surface area contributed by atoms with Crippen molar-refractivity contribution < 1.29 is 23.8 Å². The molecule has 0 bridgehead atoms. The van der Waals surface area contributed by atoms with Crippen LogP contribution in [0.5, 0.6) is 11.5 Å². The lowest BCUT2D eigenvalue weighted by atomic mass is 10.1. The first-order chi connectivity index (χ1) is 16.8. The van der Waals surface area contributed by atoms with Crippen LogP contribution in [0.2, 0.25) is 0 Å². The molecule has 0 N–H and O–H groups in total. The number of nitrogens with zero attached hydrogens (tertiary/aromatic N) is 2. The van der Waals surface area contributed by atoms with Crippen LogP contribution in [0.3, 0.4) is 0 Å². The zero-order chi connectivity index (χ0) is 25.5. The highest BCUT2D eigenvalue weighted by Gasteiger charge is 2.40. The molecular formula is C26H25IN2O5S. The number of carbonyl (C=O) groups is 2. The van der Waals surface area contributed by atoms with E-state index in [0.717, 1.165) is 15.6 Å². The third kappa shape index (κ3) is 5.94. The van der Waals surface area contributed by atoms with Crippen molar-refractivity contribution in [3.05, 3.63) is 56.8 Å². The molecule has 3 rings (SSSR count). The molecule has 0 atom stereocenters. The highest BCUT2D eigenvalue weighted by atomic mass is 127. The van der Waals surface area contributed by atoms with Crippen LogP contribution in [-0.4, -0.2) is 48.8 Å². The number of rotatable bonds is 9. The van der Waals surface area contributed by atoms with Crippen LogP contribution in [0, 0.1) is 15.9 Å². The monoisotopic (exact) mass is 604 g/mol. The summed E-state index contributed by atoms with van der Waals surface area (Å²) in [5.74, 6) is 2.62. The maximum absolute atomic E-state index is 13.6. The van der Waals surface area contributed by atoms with Gasteiger partial charge in [0.2, 0.25) is 0 Å². The van der Waals surface area contributed by atoms with Crippen molar-refractivity contribution in [2.45, 2.75) is 20.3 Å². The van der Waals surface area contributed by atoms with E-state index < -0.39 is 5.97 Å². The molecule has 9 heteroatoms. The van der Waals surface area contributed by atoms with Crippen LogP contribution in [0.1, 0.15) is 25.0 Å². The van der Waals surface area contributed by atoms with E-state index in [2.05, 4.69) is 35.4 Å². The first-order valence-electron chi connectivity index (χ1n) is 10.9. The number of benzene rings is 2. The van der Waals surface area contributed by atoms with E-state index in [4.69, 9.17) is 32.9 Å². The molecule has 1 fully saturated rings. The zero-order valence-corrected chi connectivity index (χ0v) is 22.6. The predicted molar refractivity (Wildman–Crippen MR) is 147 cm³/mol. The summed E-state index contributed by atoms with van der Waals surface area (Å²) in [6, 6.07) is 11.2. The van der Waals surface area contributed by atoms with Gasteiger partial charge in [-0.2, -0.15) is 0 Å². The molecule has 0 radical (unpaired) electrons. The SMILES string of the molecule is C#CCOc1c(I)cc(/C=C2/C(=O)N(c3ccc(CC)cc3)C(=S)N2CC(=O)OC)cc1OCC. The van der Waals surface area contributed by atoms with Gasteiger partial charge in [-0.15, -0.1) is 6.42 Å². The van der Waals surface area contributed by atoms with Crippen LogP contribution in [0.15, 0.2) is 42.1 Å². The number of halogens is 1. The summed E-state index contributed by atoms with van der Waals surface area (Å²) in [5, 5.41) is 0.199. The van der Waals surface area contributed by atoms with Gasteiger partial charge >= 0.3 is 5.97 Å². The number of esters is 1. The molecule has 1 heterocycles. The number of hydrogen-bond donors (Lipinski definition) is 0. The van der Waals surface area contributed by atoms with Crippen molar-refractivity contribution in [1.29, 1.82) is 0 Å². The van der Waals surface area contributed by atoms with E-state index in [9.17, 15) is 9.59 Å². The summed E-state index contributed by atoms with van der Waals surface area (Å²) in [6.07, 6.45) is 7.89. The van der Waals surface area contributed by atoms with Crippen molar-refractivity contribution in [3.63, 3.8) is 0 Å². The van der Waals surface area contributed by atoms with E-state index >= 15 is 0 Å². The summed E-state index contributed by atoms with van der Waals surface area (Å²) in [4.78, 5) is 28.6. The van der Waals surface area contributed by atoms with Gasteiger partial charge in [-0.1, -0.05) is 25.0 Å². The minimum atomic E-state index is -0.517. The normalized spacial score (nSPS) is 14.3. The van der Waals surface area contributed by atoms with Gasteiger partial charge in [0.15, 0.2) is 16.6 Å². The standard InChI is InChI=1S/C26H25IN2O5S/c1-5-12-34-24-20(27)13-18(15-22(24)33-7-3)14-21-25(31)29(19-10-8-17(6-2)9-11-19)26(35)28(21)16-23(30)32-4/h1,8-11,13-15H,6-7,12,16H2,2-4H3/b21-14-. The summed E-state index contributed by atoms with van der Waals surface area (Å²) in [5.41, 5.74) is 2.68. The Morgan fingerprint density at radius 1 is 1.20 bits per heavy atom. The van der Waals surface area contributed by atoms with Gasteiger partial charge < -0.3 is 19.1 Å². The fraction of sp³-hybridized carbons (Fsp3) is 0.269. The van der Waals surface area contributed by atoms with Crippen molar-refractivity contribution in [1.82, 2.24) is 4.90 Å². The third-order valence-corrected chi connectivity index (χ3v) is 6.39. The molecule has 2 aromatic rings. The molecule has 0 aromatic heterocycles. The highest BCUT2D eigenvalue weighted by molar-refractivity contribution is 14.1. The molecule has 1 saturated heterocycles. The maximum Gasteiger partial charge on any atom is 0.325 e. The Morgan fingerprint density at radius 2 is 1.91 bits per heavy atom. The number of hydrogen-bond acceptors (Lipinski definition) is 6. The lowest BCUT2D eigenvalue weighted by Gasteiger charge is -2.19. The number of thiocarbonyl (C=S) groups is 1. The van der Waals surface area contributed by atoms with Crippen molar-refractivity contribution >= 4 is 63.6 Å². The minimum Gasteiger partial charge on any atom is -0.490 e. The molecule has 1 amide bonds. The predicted octanol–water partition coefficient (Wildman–Crippen LogP) is 4.41. The van der Waals surface area contributed by atoms with Gasteiger partial charge in [-0.3, -0.25) is 14.5 Å². The molecule has 1 aliphatic heterocycles. The Hall–Kier alpha value is -3.10. The third-order valence-electron chi connectivity index (χ3n) is 5.19. The number of amides is 1. The molecule has 0 saturated carbocycles. The molecule has 1 aliphatic rings. The Morgan fingerprint density at radius 3 is 2.51 bits per heavy atom. The molecular weight excluding hydrogens is 579 g/mol. The highest BCUT2D eigenvalue weighted by Crippen LogP contribution is 2.36. The second-order valence-electron chi connectivity index (χ2n) is 7.39. The van der Waals surface area contributed by atoms with Crippen LogP contribution >= 0.6 is 34.8 Å². The van der Waals surface area contributed by atoms with Crippen molar-refractivity contribution in [2.24, 2.45) is 0 Å². The van der Waals surface area contributed by atoms with Gasteiger partial charge in [-0.25, -0.2) is 0 Å². The average molecular weight is 604 g/mol. The summed E-state index contributed by atoms with van der Waals surface area (Å²) in [6.45, 7) is 4.24. The van der Waals surface area contributed by atoms with Gasteiger partial charge in [0, 0.05) is 0 Å². The van der Waals surface area contributed by atoms with Crippen LogP contribution in [-0.2, 0) is 20.7 Å². The number of aryl methyl sites for hydroxylation is 1. The van der Waals surface area contributed by atoms with E-state index in [-0.39, 0.29) is 29.9 Å². The number of ether oxygens (including phenoxy) is 3.